The smallest absolute Gasteiger partial charge is 0.260 e. The van der Waals surface area contributed by atoms with Crippen LogP contribution in [0.15, 0.2) is 28.8 Å². The summed E-state index contributed by atoms with van der Waals surface area (Å²) in [7, 11) is 0. The molecule has 1 unspecified atom stereocenters. The number of rotatable bonds is 6. The lowest BCUT2D eigenvalue weighted by Crippen LogP contribution is -2.34. The normalized spacial score (nSPS) is 12.1. The van der Waals surface area contributed by atoms with Crippen LogP contribution in [0.1, 0.15) is 26.1 Å². The van der Waals surface area contributed by atoms with Crippen molar-refractivity contribution in [1.29, 1.82) is 0 Å². The van der Waals surface area contributed by atoms with E-state index in [1.807, 2.05) is 31.2 Å². The van der Waals surface area contributed by atoms with Crippen LogP contribution < -0.4 is 10.6 Å². The van der Waals surface area contributed by atoms with Crippen LogP contribution in [0.5, 0.6) is 0 Å². The molecule has 1 aromatic heterocycles. The number of nitrogens with zero attached hydrogens (tertiary/aromatic N) is 2. The average molecular weight is 288 g/mol. The number of aryl methyl sites for hydroxylation is 1. The summed E-state index contributed by atoms with van der Waals surface area (Å²) in [4.78, 5) is 16.2. The number of hydrogen-bond acceptors (Lipinski definition) is 5. The van der Waals surface area contributed by atoms with E-state index in [1.54, 1.807) is 6.92 Å². The van der Waals surface area contributed by atoms with E-state index in [0.717, 1.165) is 12.0 Å². The molecule has 0 spiro atoms. The van der Waals surface area contributed by atoms with Crippen LogP contribution in [0.25, 0.3) is 11.5 Å². The minimum absolute atomic E-state index is 0.0982. The lowest BCUT2D eigenvalue weighted by atomic mass is 10.1. The predicted octanol–water partition coefficient (Wildman–Crippen LogP) is 2.37. The van der Waals surface area contributed by atoms with Gasteiger partial charge in [-0.2, -0.15) is 4.98 Å². The number of carbonyl (C=O) groups is 1. The number of carbonyl (C=O) groups excluding carboxylic acids is 1. The molecular formula is C15H20N4O2. The van der Waals surface area contributed by atoms with Crippen molar-refractivity contribution in [1.82, 2.24) is 15.5 Å². The lowest BCUT2D eigenvalue weighted by molar-refractivity contribution is -0.115. The molecule has 0 bridgehead atoms. The molecule has 0 aliphatic carbocycles. The molecule has 0 saturated heterocycles. The molecule has 1 atom stereocenters. The first-order chi connectivity index (χ1) is 10.1. The van der Waals surface area contributed by atoms with Gasteiger partial charge < -0.3 is 15.2 Å². The largest absolute Gasteiger partial charge is 0.334 e. The van der Waals surface area contributed by atoms with Crippen LogP contribution in [-0.4, -0.2) is 28.6 Å². The highest BCUT2D eigenvalue weighted by Crippen LogP contribution is 2.26. The Bertz CT molecular complexity index is 609. The van der Waals surface area contributed by atoms with Gasteiger partial charge in [0.25, 0.3) is 5.89 Å². The Kier molecular flexibility index (Phi) is 5.05. The first-order valence-corrected chi connectivity index (χ1v) is 7.03. The Hall–Kier alpha value is -2.21. The summed E-state index contributed by atoms with van der Waals surface area (Å²) in [6.07, 6.45) is 0.977. The monoisotopic (exact) mass is 288 g/mol. The van der Waals surface area contributed by atoms with Crippen molar-refractivity contribution in [3.05, 3.63) is 30.1 Å². The molecule has 1 amide bonds. The molecule has 112 valence electrons. The van der Waals surface area contributed by atoms with Crippen molar-refractivity contribution in [2.45, 2.75) is 33.2 Å². The molecular weight excluding hydrogens is 268 g/mol. The topological polar surface area (TPSA) is 80.0 Å². The maximum absolute atomic E-state index is 12.0. The van der Waals surface area contributed by atoms with Crippen LogP contribution in [-0.2, 0) is 4.79 Å². The van der Waals surface area contributed by atoms with E-state index in [1.165, 1.54) is 0 Å². The number of hydrogen-bond donors (Lipinski definition) is 2. The predicted molar refractivity (Wildman–Crippen MR) is 80.9 cm³/mol. The first-order valence-electron chi connectivity index (χ1n) is 7.03. The van der Waals surface area contributed by atoms with Gasteiger partial charge in [-0.15, -0.1) is 0 Å². The van der Waals surface area contributed by atoms with Crippen LogP contribution in [0.4, 0.5) is 5.69 Å². The molecule has 2 N–H and O–H groups in total. The van der Waals surface area contributed by atoms with Crippen LogP contribution in [0.3, 0.4) is 0 Å². The second kappa shape index (κ2) is 6.99. The van der Waals surface area contributed by atoms with E-state index < -0.39 is 0 Å². The third-order valence-electron chi connectivity index (χ3n) is 3.18. The Morgan fingerprint density at radius 3 is 2.81 bits per heavy atom. The van der Waals surface area contributed by atoms with E-state index in [2.05, 4.69) is 27.7 Å². The quantitative estimate of drug-likeness (QED) is 0.853. The Labute approximate surface area is 123 Å². The van der Waals surface area contributed by atoms with Gasteiger partial charge in [0, 0.05) is 6.04 Å². The fourth-order valence-corrected chi connectivity index (χ4v) is 1.79. The number of anilines is 1. The molecule has 1 aromatic carbocycles. The van der Waals surface area contributed by atoms with Crippen molar-refractivity contribution in [2.24, 2.45) is 0 Å². The zero-order chi connectivity index (χ0) is 15.2. The van der Waals surface area contributed by atoms with E-state index in [-0.39, 0.29) is 12.5 Å². The van der Waals surface area contributed by atoms with E-state index >= 15 is 0 Å². The Morgan fingerprint density at radius 2 is 2.14 bits per heavy atom. The SMILES string of the molecule is CCC(C)NCC(=O)Nc1ccccc1-c1nc(C)no1. The van der Waals surface area contributed by atoms with Gasteiger partial charge in [0.2, 0.25) is 5.91 Å². The second-order valence-electron chi connectivity index (χ2n) is 4.93. The fraction of sp³-hybridized carbons (Fsp3) is 0.400. The highest BCUT2D eigenvalue weighted by molar-refractivity contribution is 5.95. The summed E-state index contributed by atoms with van der Waals surface area (Å²) in [5.41, 5.74) is 1.38. The van der Waals surface area contributed by atoms with Gasteiger partial charge >= 0.3 is 0 Å². The third-order valence-corrected chi connectivity index (χ3v) is 3.18. The summed E-state index contributed by atoms with van der Waals surface area (Å²) in [5, 5.41) is 9.79. The minimum atomic E-state index is -0.0982. The molecule has 2 rings (SSSR count). The molecule has 21 heavy (non-hydrogen) atoms. The summed E-state index contributed by atoms with van der Waals surface area (Å²) >= 11 is 0. The van der Waals surface area contributed by atoms with Crippen LogP contribution in [0.2, 0.25) is 0 Å². The van der Waals surface area contributed by atoms with Crippen molar-refractivity contribution < 1.29 is 9.32 Å². The molecule has 0 fully saturated rings. The number of para-hydroxylation sites is 1. The number of nitrogens with one attached hydrogen (secondary N) is 2. The fourth-order valence-electron chi connectivity index (χ4n) is 1.79. The van der Waals surface area contributed by atoms with Gasteiger partial charge in [0.1, 0.15) is 0 Å². The van der Waals surface area contributed by atoms with Crippen molar-refractivity contribution >= 4 is 11.6 Å². The van der Waals surface area contributed by atoms with E-state index in [0.29, 0.717) is 23.4 Å². The number of aromatic nitrogens is 2. The molecule has 6 nitrogen and oxygen atoms in total. The van der Waals surface area contributed by atoms with Gasteiger partial charge in [0.15, 0.2) is 5.82 Å². The molecule has 0 aliphatic rings. The first kappa shape index (κ1) is 15.2. The van der Waals surface area contributed by atoms with Crippen LogP contribution >= 0.6 is 0 Å². The number of benzene rings is 1. The highest BCUT2D eigenvalue weighted by Gasteiger charge is 2.13. The van der Waals surface area contributed by atoms with E-state index in [4.69, 9.17) is 4.52 Å². The van der Waals surface area contributed by atoms with Gasteiger partial charge in [-0.25, -0.2) is 0 Å². The lowest BCUT2D eigenvalue weighted by Gasteiger charge is -2.12. The minimum Gasteiger partial charge on any atom is -0.334 e. The number of amides is 1. The maximum atomic E-state index is 12.0. The van der Waals surface area contributed by atoms with Gasteiger partial charge in [0.05, 0.1) is 17.8 Å². The Balaban J connectivity index is 2.08. The van der Waals surface area contributed by atoms with Gasteiger partial charge in [-0.05, 0) is 32.4 Å². The van der Waals surface area contributed by atoms with Crippen molar-refractivity contribution in [3.63, 3.8) is 0 Å². The molecule has 0 saturated carbocycles. The third kappa shape index (κ3) is 4.13. The Morgan fingerprint density at radius 1 is 1.38 bits per heavy atom. The zero-order valence-electron chi connectivity index (χ0n) is 12.5. The van der Waals surface area contributed by atoms with Gasteiger partial charge in [-0.3, -0.25) is 4.79 Å². The molecule has 0 radical (unpaired) electrons. The molecule has 6 heteroatoms. The van der Waals surface area contributed by atoms with Crippen LogP contribution in [0, 0.1) is 6.92 Å². The molecule has 2 aromatic rings. The average Bonchev–Trinajstić information content (AvgIpc) is 2.91. The summed E-state index contributed by atoms with van der Waals surface area (Å²) in [6, 6.07) is 7.68. The maximum Gasteiger partial charge on any atom is 0.260 e. The van der Waals surface area contributed by atoms with Gasteiger partial charge in [-0.1, -0.05) is 24.2 Å². The highest BCUT2D eigenvalue weighted by atomic mass is 16.5. The molecule has 1 heterocycles. The standard InChI is InChI=1S/C15H20N4O2/c1-4-10(2)16-9-14(20)18-13-8-6-5-7-12(13)15-17-11(3)19-21-15/h5-8,10,16H,4,9H2,1-3H3,(H,18,20). The van der Waals surface area contributed by atoms with Crippen molar-refractivity contribution in [2.75, 3.05) is 11.9 Å². The second-order valence-corrected chi connectivity index (χ2v) is 4.93. The summed E-state index contributed by atoms with van der Waals surface area (Å²) in [6.45, 7) is 6.14. The van der Waals surface area contributed by atoms with Crippen molar-refractivity contribution in [3.8, 4) is 11.5 Å². The zero-order valence-corrected chi connectivity index (χ0v) is 12.5. The summed E-state index contributed by atoms with van der Waals surface area (Å²) in [5.74, 6) is 0.863. The molecule has 0 aliphatic heterocycles. The van der Waals surface area contributed by atoms with E-state index in [9.17, 15) is 4.79 Å². The summed E-state index contributed by atoms with van der Waals surface area (Å²) < 4.78 is 5.16.